The van der Waals surface area contributed by atoms with Crippen molar-refractivity contribution in [3.63, 3.8) is 0 Å². The molecular weight excluding hydrogens is 347 g/mol. The molecule has 4 heterocycles. The van der Waals surface area contributed by atoms with Crippen LogP contribution in [0.25, 0.3) is 0 Å². The van der Waals surface area contributed by atoms with Crippen molar-refractivity contribution >= 4 is 0 Å². The molecule has 0 aromatic heterocycles. The van der Waals surface area contributed by atoms with Gasteiger partial charge in [-0.25, -0.2) is 0 Å². The fourth-order valence-electron chi connectivity index (χ4n) is 5.99. The van der Waals surface area contributed by atoms with Crippen LogP contribution in [-0.4, -0.2) is 54.7 Å². The molecule has 0 aromatic carbocycles. The zero-order valence-corrected chi connectivity index (χ0v) is 14.5. The van der Waals surface area contributed by atoms with Crippen molar-refractivity contribution in [2.24, 2.45) is 11.8 Å². The van der Waals surface area contributed by atoms with Gasteiger partial charge in [-0.2, -0.15) is 0 Å². The topological polar surface area (TPSA) is 3.24 Å². The van der Waals surface area contributed by atoms with Gasteiger partial charge in [0.05, 0.1) is 26.2 Å². The van der Waals surface area contributed by atoms with Crippen LogP contribution in [0.1, 0.15) is 44.9 Å². The summed E-state index contributed by atoms with van der Waals surface area (Å²) in [7, 11) is 2.58. The van der Waals surface area contributed by atoms with Gasteiger partial charge in [0.25, 0.3) is 0 Å². The quantitative estimate of drug-likeness (QED) is 0.407. The van der Waals surface area contributed by atoms with Gasteiger partial charge in [-0.15, -0.1) is 0 Å². The fourth-order valence-corrected chi connectivity index (χ4v) is 5.99. The standard InChI is InChI=1S/C16H29N2.HI/c1-18-9-5-3-7-16(18)13-10-14(12-18)15-6-2-4-8-17(15)11-13;/h13-16H,2-12H2,1H3;1H/q+1;/p-1/t13-,14-,15-,16+,18?;/m0./s1. The Hall–Kier alpha value is 0.650. The van der Waals surface area contributed by atoms with Crippen LogP contribution in [0.15, 0.2) is 0 Å². The Morgan fingerprint density at radius 2 is 1.84 bits per heavy atom. The van der Waals surface area contributed by atoms with Gasteiger partial charge in [-0.3, -0.25) is 4.90 Å². The van der Waals surface area contributed by atoms with E-state index in [-0.39, 0.29) is 24.0 Å². The van der Waals surface area contributed by atoms with Crippen molar-refractivity contribution in [1.82, 2.24) is 4.90 Å². The maximum atomic E-state index is 2.89. The molecule has 0 spiro atoms. The number of nitrogens with zero attached hydrogens (tertiary/aromatic N) is 2. The first-order valence-corrected chi connectivity index (χ1v) is 8.34. The number of quaternary nitrogens is 1. The van der Waals surface area contributed by atoms with E-state index in [0.29, 0.717) is 0 Å². The van der Waals surface area contributed by atoms with Gasteiger partial charge in [0.2, 0.25) is 0 Å². The third-order valence-electron chi connectivity index (χ3n) is 6.70. The SMILES string of the molecule is C[N+]12CCCC[C@@H]1[C@H]1C[C@@H](C2)[C@@H]2CCCCN2C1.[I-]. The van der Waals surface area contributed by atoms with Gasteiger partial charge < -0.3 is 28.5 Å². The van der Waals surface area contributed by atoms with Crippen LogP contribution in [0.5, 0.6) is 0 Å². The molecule has 0 N–H and O–H groups in total. The van der Waals surface area contributed by atoms with Crippen LogP contribution >= 0.6 is 0 Å². The molecule has 0 amide bonds. The summed E-state index contributed by atoms with van der Waals surface area (Å²) >= 11 is 0. The molecule has 4 rings (SSSR count). The first-order valence-electron chi connectivity index (χ1n) is 8.34. The molecule has 5 atom stereocenters. The Kier molecular flexibility index (Phi) is 4.18. The summed E-state index contributed by atoms with van der Waals surface area (Å²) in [6.45, 7) is 5.83. The second-order valence-corrected chi connectivity index (χ2v) is 7.76. The van der Waals surface area contributed by atoms with Gasteiger partial charge >= 0.3 is 0 Å². The highest BCUT2D eigenvalue weighted by Crippen LogP contribution is 2.45. The van der Waals surface area contributed by atoms with Crippen molar-refractivity contribution < 1.29 is 28.5 Å². The molecule has 0 aromatic rings. The number of fused-ring (bicyclic) bond motifs is 6. The maximum Gasteiger partial charge on any atom is 0.0929 e. The number of halogens is 1. The zero-order valence-electron chi connectivity index (χ0n) is 12.4. The predicted molar refractivity (Wildman–Crippen MR) is 74.4 cm³/mol. The lowest BCUT2D eigenvalue weighted by atomic mass is 9.70. The smallest absolute Gasteiger partial charge is 0.0929 e. The predicted octanol–water partition coefficient (Wildman–Crippen LogP) is -0.506. The minimum absolute atomic E-state index is 0. The first-order chi connectivity index (χ1) is 8.76. The summed E-state index contributed by atoms with van der Waals surface area (Å²) in [5, 5.41) is 0. The summed E-state index contributed by atoms with van der Waals surface area (Å²) in [4.78, 5) is 2.89. The summed E-state index contributed by atoms with van der Waals surface area (Å²) in [6.07, 6.45) is 10.5. The van der Waals surface area contributed by atoms with Crippen molar-refractivity contribution in [2.75, 3.05) is 33.2 Å². The van der Waals surface area contributed by atoms with Gasteiger partial charge in [-0.1, -0.05) is 6.42 Å². The highest BCUT2D eigenvalue weighted by atomic mass is 127. The highest BCUT2D eigenvalue weighted by Gasteiger charge is 2.53. The lowest BCUT2D eigenvalue weighted by molar-refractivity contribution is -0.951. The minimum Gasteiger partial charge on any atom is -1.00 e. The van der Waals surface area contributed by atoms with Crippen LogP contribution in [0.2, 0.25) is 0 Å². The maximum absolute atomic E-state index is 2.89. The van der Waals surface area contributed by atoms with Crippen LogP contribution < -0.4 is 24.0 Å². The molecule has 0 aliphatic carbocycles. The van der Waals surface area contributed by atoms with E-state index in [1.54, 1.807) is 6.42 Å². The molecule has 4 fully saturated rings. The average Bonchev–Trinajstić information content (AvgIpc) is 2.38. The minimum atomic E-state index is 0. The van der Waals surface area contributed by atoms with Gasteiger partial charge in [-0.05, 0) is 45.1 Å². The Balaban J connectivity index is 0.00000110. The van der Waals surface area contributed by atoms with Crippen LogP contribution in [0, 0.1) is 11.8 Å². The summed E-state index contributed by atoms with van der Waals surface area (Å²) in [6, 6.07) is 1.98. The Bertz CT molecular complexity index is 335. The molecule has 4 saturated heterocycles. The molecule has 1 unspecified atom stereocenters. The van der Waals surface area contributed by atoms with E-state index in [1.807, 2.05) is 0 Å². The average molecular weight is 376 g/mol. The Morgan fingerprint density at radius 1 is 1.00 bits per heavy atom. The number of piperidine rings is 4. The normalized spacial score (nSPS) is 49.7. The van der Waals surface area contributed by atoms with Crippen LogP contribution in [0.3, 0.4) is 0 Å². The van der Waals surface area contributed by atoms with Gasteiger partial charge in [0.15, 0.2) is 0 Å². The molecule has 4 aliphatic heterocycles. The Morgan fingerprint density at radius 3 is 2.74 bits per heavy atom. The molecule has 0 radical (unpaired) electrons. The summed E-state index contributed by atoms with van der Waals surface area (Å²) in [5.74, 6) is 2.06. The zero-order chi connectivity index (χ0) is 12.2. The van der Waals surface area contributed by atoms with E-state index in [4.69, 9.17) is 0 Å². The molecule has 19 heavy (non-hydrogen) atoms. The lowest BCUT2D eigenvalue weighted by Gasteiger charge is -2.60. The molecule has 3 heteroatoms. The number of hydrogen-bond donors (Lipinski definition) is 0. The second kappa shape index (κ2) is 5.45. The van der Waals surface area contributed by atoms with Crippen molar-refractivity contribution in [2.45, 2.75) is 57.0 Å². The lowest BCUT2D eigenvalue weighted by Crippen LogP contribution is -3.00. The molecule has 4 aliphatic rings. The van der Waals surface area contributed by atoms with E-state index in [0.717, 1.165) is 23.9 Å². The van der Waals surface area contributed by atoms with Crippen molar-refractivity contribution in [3.05, 3.63) is 0 Å². The molecule has 0 saturated carbocycles. The Labute approximate surface area is 135 Å². The van der Waals surface area contributed by atoms with Crippen LogP contribution in [0.4, 0.5) is 0 Å². The van der Waals surface area contributed by atoms with E-state index in [2.05, 4.69) is 11.9 Å². The second-order valence-electron chi connectivity index (χ2n) is 7.76. The van der Waals surface area contributed by atoms with E-state index >= 15 is 0 Å². The van der Waals surface area contributed by atoms with E-state index < -0.39 is 0 Å². The number of hydrogen-bond acceptors (Lipinski definition) is 1. The number of rotatable bonds is 0. The van der Waals surface area contributed by atoms with Crippen LogP contribution in [-0.2, 0) is 0 Å². The molecule has 110 valence electrons. The van der Waals surface area contributed by atoms with E-state index in [1.165, 1.54) is 69.2 Å². The third kappa shape index (κ3) is 2.38. The highest BCUT2D eigenvalue weighted by molar-refractivity contribution is 4.96. The first kappa shape index (κ1) is 14.6. The summed E-state index contributed by atoms with van der Waals surface area (Å²) in [5.41, 5.74) is 0. The summed E-state index contributed by atoms with van der Waals surface area (Å²) < 4.78 is 1.44. The molecule has 2 nitrogen and oxygen atoms in total. The fraction of sp³-hybridized carbons (Fsp3) is 1.00. The monoisotopic (exact) mass is 376 g/mol. The van der Waals surface area contributed by atoms with Crippen molar-refractivity contribution in [1.29, 1.82) is 0 Å². The molecule has 2 bridgehead atoms. The van der Waals surface area contributed by atoms with Gasteiger partial charge in [0, 0.05) is 24.4 Å². The van der Waals surface area contributed by atoms with Gasteiger partial charge in [0.1, 0.15) is 0 Å². The van der Waals surface area contributed by atoms with Crippen molar-refractivity contribution in [3.8, 4) is 0 Å². The largest absolute Gasteiger partial charge is 1.00 e. The van der Waals surface area contributed by atoms with E-state index in [9.17, 15) is 0 Å². The third-order valence-corrected chi connectivity index (χ3v) is 6.70. The molecular formula is C16H29IN2.